The van der Waals surface area contributed by atoms with Crippen molar-refractivity contribution in [1.29, 1.82) is 0 Å². The summed E-state index contributed by atoms with van der Waals surface area (Å²) in [6.45, 7) is -0.239. The molecule has 1 aromatic heterocycles. The number of hydrogen-bond donors (Lipinski definition) is 1. The Balaban J connectivity index is 2.08. The van der Waals surface area contributed by atoms with Crippen LogP contribution in [0.5, 0.6) is 0 Å². The van der Waals surface area contributed by atoms with Crippen LogP contribution in [-0.4, -0.2) is 27.4 Å². The molecule has 0 saturated heterocycles. The fourth-order valence-corrected chi connectivity index (χ4v) is 3.14. The highest BCUT2D eigenvalue weighted by atomic mass is 19.4. The van der Waals surface area contributed by atoms with Gasteiger partial charge in [0.1, 0.15) is 11.4 Å². The molecule has 0 spiro atoms. The number of halogens is 6. The second kappa shape index (κ2) is 6.46. The zero-order valence-corrected chi connectivity index (χ0v) is 13.6. The van der Waals surface area contributed by atoms with Crippen molar-refractivity contribution in [3.05, 3.63) is 46.6 Å². The minimum Gasteiger partial charge on any atom is -0.477 e. The zero-order valence-electron chi connectivity index (χ0n) is 13.6. The van der Waals surface area contributed by atoms with Crippen LogP contribution in [0.1, 0.15) is 33.6 Å². The Morgan fingerprint density at radius 2 is 1.74 bits per heavy atom. The molecule has 2 aromatic rings. The van der Waals surface area contributed by atoms with Crippen LogP contribution in [0.3, 0.4) is 0 Å². The Labute approximate surface area is 148 Å². The van der Waals surface area contributed by atoms with Crippen molar-refractivity contribution in [1.82, 2.24) is 9.78 Å². The molecule has 0 amide bonds. The number of fused-ring (bicyclic) bond motifs is 1. The maximum absolute atomic E-state index is 13.2. The molecule has 0 atom stereocenters. The summed E-state index contributed by atoms with van der Waals surface area (Å²) in [6.07, 6.45) is -9.31. The highest BCUT2D eigenvalue weighted by molar-refractivity contribution is 5.95. The number of carboxylic acid groups (broad SMARTS) is 1. The molecule has 1 aromatic carbocycles. The van der Waals surface area contributed by atoms with Gasteiger partial charge in [0.2, 0.25) is 0 Å². The molecule has 0 radical (unpaired) electrons. The number of benzene rings is 1. The summed E-state index contributed by atoms with van der Waals surface area (Å²) < 4.78 is 79.9. The molecule has 1 aliphatic rings. The Kier molecular flexibility index (Phi) is 4.56. The highest BCUT2D eigenvalue weighted by Gasteiger charge is 2.43. The first-order valence-corrected chi connectivity index (χ1v) is 7.81. The number of aryl methyl sites for hydroxylation is 1. The average molecular weight is 393 g/mol. The predicted octanol–water partition coefficient (Wildman–Crippen LogP) is 4.03. The van der Waals surface area contributed by atoms with Gasteiger partial charge < -0.3 is 10.0 Å². The van der Waals surface area contributed by atoms with E-state index in [1.165, 1.54) is 23.1 Å². The van der Waals surface area contributed by atoms with Gasteiger partial charge in [-0.2, -0.15) is 31.4 Å². The molecule has 0 aliphatic carbocycles. The van der Waals surface area contributed by atoms with Crippen molar-refractivity contribution in [2.75, 3.05) is 11.4 Å². The normalized spacial score (nSPS) is 15.0. The number of hydrogen-bond acceptors (Lipinski definition) is 3. The lowest BCUT2D eigenvalue weighted by Gasteiger charge is -2.31. The molecule has 3 rings (SSSR count). The predicted molar refractivity (Wildman–Crippen MR) is 81.3 cm³/mol. The van der Waals surface area contributed by atoms with Gasteiger partial charge in [0, 0.05) is 19.6 Å². The third kappa shape index (κ3) is 3.58. The molecule has 0 saturated carbocycles. The summed E-state index contributed by atoms with van der Waals surface area (Å²) in [5.74, 6) is -2.17. The fraction of sp³-hybridized carbons (Fsp3) is 0.375. The van der Waals surface area contributed by atoms with Gasteiger partial charge in [0.25, 0.3) is 0 Å². The van der Waals surface area contributed by atoms with Gasteiger partial charge in [0.15, 0.2) is 5.69 Å². The second-order valence-electron chi connectivity index (χ2n) is 6.00. The van der Waals surface area contributed by atoms with E-state index in [1.54, 1.807) is 0 Å². The van der Waals surface area contributed by atoms with Gasteiger partial charge in [-0.05, 0) is 18.1 Å². The van der Waals surface area contributed by atoms with Gasteiger partial charge in [-0.1, -0.05) is 18.2 Å². The van der Waals surface area contributed by atoms with Gasteiger partial charge in [0.05, 0.1) is 5.56 Å². The first-order chi connectivity index (χ1) is 12.5. The molecule has 0 bridgehead atoms. The van der Waals surface area contributed by atoms with E-state index in [-0.39, 0.29) is 31.0 Å². The number of anilines is 1. The maximum Gasteiger partial charge on any atom is 0.436 e. The van der Waals surface area contributed by atoms with Crippen molar-refractivity contribution in [3.63, 3.8) is 0 Å². The molecule has 0 fully saturated rings. The van der Waals surface area contributed by atoms with E-state index in [4.69, 9.17) is 0 Å². The summed E-state index contributed by atoms with van der Waals surface area (Å²) in [5, 5.41) is 12.6. The lowest BCUT2D eigenvalue weighted by molar-refractivity contribution is -0.142. The topological polar surface area (TPSA) is 58.4 Å². The van der Waals surface area contributed by atoms with Crippen molar-refractivity contribution in [2.45, 2.75) is 31.9 Å². The second-order valence-corrected chi connectivity index (χ2v) is 6.00. The van der Waals surface area contributed by atoms with E-state index in [9.17, 15) is 36.2 Å². The van der Waals surface area contributed by atoms with E-state index in [0.717, 1.165) is 10.7 Å². The summed E-state index contributed by atoms with van der Waals surface area (Å²) in [7, 11) is 0. The van der Waals surface area contributed by atoms with Crippen LogP contribution in [0, 0.1) is 0 Å². The smallest absolute Gasteiger partial charge is 0.436 e. The standard InChI is InChI=1S/C16H13F6N3O2/c17-15(18,19)10-5-2-1-4-9(10)8-24-6-3-7-25-13(24)11(14(26)27)12(23-25)16(20,21)22/h1-2,4-5H,3,6-8H2,(H,26,27). The van der Waals surface area contributed by atoms with E-state index in [2.05, 4.69) is 5.10 Å². The van der Waals surface area contributed by atoms with Crippen molar-refractivity contribution < 1.29 is 36.2 Å². The minimum atomic E-state index is -4.99. The first-order valence-electron chi connectivity index (χ1n) is 7.81. The van der Waals surface area contributed by atoms with Crippen LogP contribution in [0.4, 0.5) is 32.2 Å². The van der Waals surface area contributed by atoms with Crippen LogP contribution in [0.25, 0.3) is 0 Å². The molecule has 5 nitrogen and oxygen atoms in total. The maximum atomic E-state index is 13.2. The molecule has 146 valence electrons. The van der Waals surface area contributed by atoms with Gasteiger partial charge in [-0.15, -0.1) is 0 Å². The summed E-state index contributed by atoms with van der Waals surface area (Å²) >= 11 is 0. The number of alkyl halides is 6. The van der Waals surface area contributed by atoms with Crippen molar-refractivity contribution >= 4 is 11.8 Å². The number of rotatable bonds is 3. The third-order valence-corrected chi connectivity index (χ3v) is 4.19. The zero-order chi connectivity index (χ0) is 20.0. The Hall–Kier alpha value is -2.72. The first kappa shape index (κ1) is 19.1. The quantitative estimate of drug-likeness (QED) is 0.800. The minimum absolute atomic E-state index is 0.0448. The number of aromatic nitrogens is 2. The molecule has 1 aliphatic heterocycles. The number of carboxylic acids is 1. The summed E-state index contributed by atoms with van der Waals surface area (Å²) in [6, 6.07) is 4.67. The SMILES string of the molecule is O=C(O)c1c(C(F)(F)F)nn2c1N(Cc1ccccc1C(F)(F)F)CCC2. The molecular weight excluding hydrogens is 380 g/mol. The Morgan fingerprint density at radius 3 is 2.33 bits per heavy atom. The number of nitrogens with zero attached hydrogens (tertiary/aromatic N) is 3. The van der Waals surface area contributed by atoms with E-state index >= 15 is 0 Å². The Bertz CT molecular complexity index is 872. The monoisotopic (exact) mass is 393 g/mol. The molecule has 2 heterocycles. The molecule has 27 heavy (non-hydrogen) atoms. The van der Waals surface area contributed by atoms with Gasteiger partial charge in [-0.25, -0.2) is 9.48 Å². The van der Waals surface area contributed by atoms with Gasteiger partial charge in [-0.3, -0.25) is 0 Å². The lowest BCUT2D eigenvalue weighted by Crippen LogP contribution is -2.33. The molecule has 1 N–H and O–H groups in total. The highest BCUT2D eigenvalue weighted by Crippen LogP contribution is 2.39. The molecule has 0 unspecified atom stereocenters. The summed E-state index contributed by atoms with van der Waals surface area (Å²) in [4.78, 5) is 12.7. The van der Waals surface area contributed by atoms with Crippen molar-refractivity contribution in [3.8, 4) is 0 Å². The van der Waals surface area contributed by atoms with E-state index in [1.807, 2.05) is 0 Å². The average Bonchev–Trinajstić information content (AvgIpc) is 2.95. The van der Waals surface area contributed by atoms with E-state index in [0.29, 0.717) is 6.42 Å². The third-order valence-electron chi connectivity index (χ3n) is 4.19. The van der Waals surface area contributed by atoms with Crippen molar-refractivity contribution in [2.24, 2.45) is 0 Å². The Morgan fingerprint density at radius 1 is 1.07 bits per heavy atom. The van der Waals surface area contributed by atoms with Gasteiger partial charge >= 0.3 is 18.3 Å². The number of aromatic carboxylic acids is 1. The van der Waals surface area contributed by atoms with Crippen LogP contribution in [0.2, 0.25) is 0 Å². The molecular formula is C16H13F6N3O2. The van der Waals surface area contributed by atoms with Crippen LogP contribution in [0.15, 0.2) is 24.3 Å². The molecule has 11 heteroatoms. The van der Waals surface area contributed by atoms with Crippen LogP contribution < -0.4 is 4.90 Å². The van der Waals surface area contributed by atoms with Crippen LogP contribution >= 0.6 is 0 Å². The van der Waals surface area contributed by atoms with Crippen LogP contribution in [-0.2, 0) is 25.4 Å². The van der Waals surface area contributed by atoms with E-state index < -0.39 is 35.1 Å². The fourth-order valence-electron chi connectivity index (χ4n) is 3.14. The lowest BCUT2D eigenvalue weighted by atomic mass is 10.1. The number of carbonyl (C=O) groups is 1. The summed E-state index contributed by atoms with van der Waals surface area (Å²) in [5.41, 5.74) is -3.69. The largest absolute Gasteiger partial charge is 0.477 e.